The molecule has 30 heavy (non-hydrogen) atoms. The zero-order valence-corrected chi connectivity index (χ0v) is 16.6. The van der Waals surface area contributed by atoms with Gasteiger partial charge in [0, 0.05) is 40.5 Å². The fourth-order valence-corrected chi connectivity index (χ4v) is 3.11. The molecule has 6 heteroatoms. The molecule has 1 amide bonds. The molecule has 0 aliphatic heterocycles. The smallest absolute Gasteiger partial charge is 0.271 e. The lowest BCUT2D eigenvalue weighted by atomic mass is 10.2. The number of rotatable bonds is 7. The maximum atomic E-state index is 12.3. The summed E-state index contributed by atoms with van der Waals surface area (Å²) in [4.78, 5) is 15.5. The number of amides is 1. The summed E-state index contributed by atoms with van der Waals surface area (Å²) in [5.74, 6) is 0.578. The standard InChI is InChI=1S/C24H22N4O2/c1-30-21-12-6-17(7-13-21)14-25-20-10-8-18(9-11-20)24(29)28-27-16-19-15-26-23-5-3-2-4-22(19)23/h2-13,15-16,25-26H,14H2,1H3,(H,28,29)/b27-16+. The Bertz CT molecular complexity index is 1160. The van der Waals surface area contributed by atoms with E-state index in [1.54, 1.807) is 25.5 Å². The molecule has 0 radical (unpaired) electrons. The second kappa shape index (κ2) is 8.96. The Kier molecular flexibility index (Phi) is 5.75. The predicted molar refractivity (Wildman–Crippen MR) is 120 cm³/mol. The Hall–Kier alpha value is -4.06. The van der Waals surface area contributed by atoms with Crippen molar-refractivity contribution < 1.29 is 9.53 Å². The number of hydrogen-bond acceptors (Lipinski definition) is 4. The first-order valence-electron chi connectivity index (χ1n) is 9.59. The number of aromatic nitrogens is 1. The second-order valence-electron chi connectivity index (χ2n) is 6.77. The summed E-state index contributed by atoms with van der Waals surface area (Å²) in [6, 6.07) is 23.1. The fourth-order valence-electron chi connectivity index (χ4n) is 3.11. The minimum Gasteiger partial charge on any atom is -0.497 e. The van der Waals surface area contributed by atoms with Crippen molar-refractivity contribution in [2.75, 3.05) is 12.4 Å². The Morgan fingerprint density at radius 1 is 1.03 bits per heavy atom. The monoisotopic (exact) mass is 398 g/mol. The molecule has 6 nitrogen and oxygen atoms in total. The van der Waals surface area contributed by atoms with Crippen molar-refractivity contribution in [1.29, 1.82) is 0 Å². The average molecular weight is 398 g/mol. The maximum absolute atomic E-state index is 12.3. The van der Waals surface area contributed by atoms with Crippen LogP contribution in [-0.4, -0.2) is 24.2 Å². The second-order valence-corrected chi connectivity index (χ2v) is 6.77. The average Bonchev–Trinajstić information content (AvgIpc) is 3.21. The van der Waals surface area contributed by atoms with Crippen molar-refractivity contribution in [3.8, 4) is 5.75 Å². The van der Waals surface area contributed by atoms with E-state index in [1.165, 1.54) is 0 Å². The van der Waals surface area contributed by atoms with E-state index >= 15 is 0 Å². The topological polar surface area (TPSA) is 78.5 Å². The Labute approximate surface area is 174 Å². The van der Waals surface area contributed by atoms with E-state index in [0.29, 0.717) is 12.1 Å². The van der Waals surface area contributed by atoms with Crippen LogP contribution in [0.2, 0.25) is 0 Å². The largest absolute Gasteiger partial charge is 0.497 e. The van der Waals surface area contributed by atoms with Crippen molar-refractivity contribution >= 4 is 28.7 Å². The van der Waals surface area contributed by atoms with Gasteiger partial charge in [0.25, 0.3) is 5.91 Å². The van der Waals surface area contributed by atoms with Crippen molar-refractivity contribution in [3.63, 3.8) is 0 Å². The van der Waals surface area contributed by atoms with Crippen LogP contribution in [0.15, 0.2) is 84.1 Å². The number of fused-ring (bicyclic) bond motifs is 1. The zero-order valence-electron chi connectivity index (χ0n) is 16.6. The lowest BCUT2D eigenvalue weighted by Gasteiger charge is -2.08. The van der Waals surface area contributed by atoms with Crippen LogP contribution >= 0.6 is 0 Å². The fraction of sp³-hybridized carbons (Fsp3) is 0.0833. The number of hydrogen-bond donors (Lipinski definition) is 3. The number of carbonyl (C=O) groups is 1. The van der Waals surface area contributed by atoms with E-state index < -0.39 is 0 Å². The Morgan fingerprint density at radius 2 is 1.80 bits per heavy atom. The van der Waals surface area contributed by atoms with Gasteiger partial charge >= 0.3 is 0 Å². The van der Waals surface area contributed by atoms with Gasteiger partial charge in [0.2, 0.25) is 0 Å². The first kappa shape index (κ1) is 19.3. The summed E-state index contributed by atoms with van der Waals surface area (Å²) >= 11 is 0. The first-order valence-corrected chi connectivity index (χ1v) is 9.59. The van der Waals surface area contributed by atoms with Crippen molar-refractivity contribution in [1.82, 2.24) is 10.4 Å². The summed E-state index contributed by atoms with van der Waals surface area (Å²) in [6.45, 7) is 0.685. The third kappa shape index (κ3) is 4.50. The molecule has 1 aromatic heterocycles. The van der Waals surface area contributed by atoms with E-state index in [2.05, 4.69) is 20.8 Å². The molecule has 0 atom stereocenters. The molecule has 0 spiro atoms. The SMILES string of the molecule is COc1ccc(CNc2ccc(C(=O)N/N=C/c3c[nH]c4ccccc34)cc2)cc1. The van der Waals surface area contributed by atoms with Crippen LogP contribution in [0.4, 0.5) is 5.69 Å². The highest BCUT2D eigenvalue weighted by molar-refractivity contribution is 6.00. The number of carbonyl (C=O) groups excluding carboxylic acids is 1. The third-order valence-corrected chi connectivity index (χ3v) is 4.79. The molecular weight excluding hydrogens is 376 g/mol. The highest BCUT2D eigenvalue weighted by Crippen LogP contribution is 2.16. The van der Waals surface area contributed by atoms with Gasteiger partial charge in [0.15, 0.2) is 0 Å². The molecule has 3 N–H and O–H groups in total. The molecule has 0 saturated heterocycles. The number of methoxy groups -OCH3 is 1. The van der Waals surface area contributed by atoms with E-state index in [4.69, 9.17) is 4.74 Å². The Morgan fingerprint density at radius 3 is 2.57 bits per heavy atom. The normalized spacial score (nSPS) is 11.0. The third-order valence-electron chi connectivity index (χ3n) is 4.79. The Balaban J connectivity index is 1.32. The molecule has 3 aromatic carbocycles. The predicted octanol–water partition coefficient (Wildman–Crippen LogP) is 4.55. The quantitative estimate of drug-likeness (QED) is 0.316. The van der Waals surface area contributed by atoms with Gasteiger partial charge in [-0.15, -0.1) is 0 Å². The lowest BCUT2D eigenvalue weighted by molar-refractivity contribution is 0.0955. The lowest BCUT2D eigenvalue weighted by Crippen LogP contribution is -2.17. The van der Waals surface area contributed by atoms with Crippen LogP contribution < -0.4 is 15.5 Å². The zero-order chi connectivity index (χ0) is 20.8. The summed E-state index contributed by atoms with van der Waals surface area (Å²) < 4.78 is 5.17. The molecule has 0 saturated carbocycles. The number of para-hydroxylation sites is 1. The molecule has 4 aromatic rings. The number of benzene rings is 3. The molecule has 150 valence electrons. The van der Waals surface area contributed by atoms with Gasteiger partial charge in [-0.2, -0.15) is 5.10 Å². The van der Waals surface area contributed by atoms with Crippen LogP contribution in [0.25, 0.3) is 10.9 Å². The van der Waals surface area contributed by atoms with Crippen LogP contribution in [-0.2, 0) is 6.54 Å². The number of nitrogens with one attached hydrogen (secondary N) is 3. The van der Waals surface area contributed by atoms with E-state index in [0.717, 1.165) is 33.5 Å². The van der Waals surface area contributed by atoms with E-state index in [-0.39, 0.29) is 5.91 Å². The minimum absolute atomic E-state index is 0.257. The van der Waals surface area contributed by atoms with Crippen LogP contribution in [0.5, 0.6) is 5.75 Å². The van der Waals surface area contributed by atoms with Crippen molar-refractivity contribution in [3.05, 3.63) is 95.7 Å². The van der Waals surface area contributed by atoms with Crippen LogP contribution in [0.3, 0.4) is 0 Å². The number of aromatic amines is 1. The van der Waals surface area contributed by atoms with E-state index in [9.17, 15) is 4.79 Å². The van der Waals surface area contributed by atoms with Gasteiger partial charge in [-0.05, 0) is 48.0 Å². The summed E-state index contributed by atoms with van der Waals surface area (Å²) in [5, 5.41) is 8.48. The van der Waals surface area contributed by atoms with Gasteiger partial charge < -0.3 is 15.0 Å². The van der Waals surface area contributed by atoms with Crippen molar-refractivity contribution in [2.45, 2.75) is 6.54 Å². The molecule has 0 unspecified atom stereocenters. The maximum Gasteiger partial charge on any atom is 0.271 e. The summed E-state index contributed by atoms with van der Waals surface area (Å²) in [5.41, 5.74) is 7.15. The molecule has 0 aliphatic carbocycles. The first-order chi connectivity index (χ1) is 14.7. The number of anilines is 1. The number of H-pyrrole nitrogens is 1. The molecule has 1 heterocycles. The number of ether oxygens (including phenoxy) is 1. The highest BCUT2D eigenvalue weighted by Gasteiger charge is 2.05. The van der Waals surface area contributed by atoms with E-state index in [1.807, 2.05) is 66.9 Å². The van der Waals surface area contributed by atoms with Crippen LogP contribution in [0, 0.1) is 0 Å². The molecular formula is C24H22N4O2. The van der Waals surface area contributed by atoms with Crippen LogP contribution in [0.1, 0.15) is 21.5 Å². The molecule has 4 rings (SSSR count). The molecule has 0 fully saturated rings. The molecule has 0 aliphatic rings. The van der Waals surface area contributed by atoms with Gasteiger partial charge in [0.05, 0.1) is 13.3 Å². The van der Waals surface area contributed by atoms with Gasteiger partial charge in [-0.25, -0.2) is 5.43 Å². The summed E-state index contributed by atoms with van der Waals surface area (Å²) in [7, 11) is 1.65. The van der Waals surface area contributed by atoms with Crippen molar-refractivity contribution in [2.24, 2.45) is 5.10 Å². The minimum atomic E-state index is -0.257. The number of hydrazone groups is 1. The van der Waals surface area contributed by atoms with Gasteiger partial charge in [-0.1, -0.05) is 30.3 Å². The van der Waals surface area contributed by atoms with Gasteiger partial charge in [-0.3, -0.25) is 4.79 Å². The van der Waals surface area contributed by atoms with Gasteiger partial charge in [0.1, 0.15) is 5.75 Å². The molecule has 0 bridgehead atoms. The highest BCUT2D eigenvalue weighted by atomic mass is 16.5. The number of nitrogens with zero attached hydrogens (tertiary/aromatic N) is 1. The summed E-state index contributed by atoms with van der Waals surface area (Å²) in [6.07, 6.45) is 3.51.